The van der Waals surface area contributed by atoms with E-state index >= 15 is 0 Å². The minimum Gasteiger partial charge on any atom is -0.456 e. The van der Waals surface area contributed by atoms with Crippen molar-refractivity contribution in [3.05, 3.63) is 140 Å². The van der Waals surface area contributed by atoms with Crippen LogP contribution in [-0.2, 0) is 0 Å². The van der Waals surface area contributed by atoms with E-state index in [4.69, 9.17) is 19.4 Å². The highest BCUT2D eigenvalue weighted by Gasteiger charge is 2.16. The quantitative estimate of drug-likeness (QED) is 0.207. The maximum absolute atomic E-state index is 6.21. The molecule has 0 aliphatic carbocycles. The fourth-order valence-electron chi connectivity index (χ4n) is 5.94. The number of nitrogens with zero attached hydrogens (tertiary/aromatic N) is 3. The van der Waals surface area contributed by atoms with Gasteiger partial charge in [-0.1, -0.05) is 109 Å². The maximum Gasteiger partial charge on any atom is 0.164 e. The van der Waals surface area contributed by atoms with Gasteiger partial charge in [-0.15, -0.1) is 11.3 Å². The molecule has 0 saturated heterocycles. The Morgan fingerprint density at radius 2 is 0.886 bits per heavy atom. The van der Waals surface area contributed by atoms with E-state index < -0.39 is 0 Å². The Balaban J connectivity index is 1.21. The highest BCUT2D eigenvalue weighted by atomic mass is 32.1. The van der Waals surface area contributed by atoms with Gasteiger partial charge in [-0.25, -0.2) is 15.0 Å². The van der Waals surface area contributed by atoms with Crippen LogP contribution in [-0.4, -0.2) is 15.0 Å². The summed E-state index contributed by atoms with van der Waals surface area (Å²) in [5, 5.41) is 4.69. The zero-order valence-electron chi connectivity index (χ0n) is 23.4. The molecule has 0 spiro atoms. The third kappa shape index (κ3) is 4.17. The summed E-state index contributed by atoms with van der Waals surface area (Å²) in [6, 6.07) is 48.1. The molecule has 0 atom stereocenters. The first-order valence-corrected chi connectivity index (χ1v) is 15.3. The van der Waals surface area contributed by atoms with Crippen molar-refractivity contribution in [1.29, 1.82) is 0 Å². The summed E-state index contributed by atoms with van der Waals surface area (Å²) in [6.45, 7) is 0. The molecule has 0 saturated carbocycles. The second-order valence-corrected chi connectivity index (χ2v) is 12.0. The van der Waals surface area contributed by atoms with E-state index in [1.165, 1.54) is 25.7 Å². The van der Waals surface area contributed by atoms with Gasteiger partial charge in [-0.2, -0.15) is 0 Å². The first-order valence-electron chi connectivity index (χ1n) is 14.5. The molecule has 6 aromatic carbocycles. The van der Waals surface area contributed by atoms with Crippen LogP contribution in [0.4, 0.5) is 0 Å². The van der Waals surface area contributed by atoms with E-state index in [0.29, 0.717) is 17.5 Å². The van der Waals surface area contributed by atoms with Gasteiger partial charge in [0.1, 0.15) is 11.2 Å². The summed E-state index contributed by atoms with van der Waals surface area (Å²) in [6.07, 6.45) is 0. The molecule has 0 fully saturated rings. The van der Waals surface area contributed by atoms with Crippen molar-refractivity contribution in [2.24, 2.45) is 0 Å². The van der Waals surface area contributed by atoms with Crippen LogP contribution in [0.2, 0.25) is 0 Å². The number of para-hydroxylation sites is 1. The Hall–Kier alpha value is -5.65. The van der Waals surface area contributed by atoms with Crippen LogP contribution >= 0.6 is 11.3 Å². The normalized spacial score (nSPS) is 11.6. The van der Waals surface area contributed by atoms with Crippen LogP contribution in [0.3, 0.4) is 0 Å². The van der Waals surface area contributed by atoms with E-state index in [0.717, 1.165) is 44.2 Å². The third-order valence-electron chi connectivity index (χ3n) is 8.16. The van der Waals surface area contributed by atoms with Crippen molar-refractivity contribution < 1.29 is 4.42 Å². The Bertz CT molecular complexity index is 2360. The summed E-state index contributed by atoms with van der Waals surface area (Å²) in [7, 11) is 0. The third-order valence-corrected chi connectivity index (χ3v) is 9.29. The van der Waals surface area contributed by atoms with Crippen LogP contribution in [0, 0.1) is 0 Å². The summed E-state index contributed by atoms with van der Waals surface area (Å²) < 4.78 is 8.69. The summed E-state index contributed by atoms with van der Waals surface area (Å²) >= 11 is 1.79. The number of hydrogen-bond acceptors (Lipinski definition) is 5. The summed E-state index contributed by atoms with van der Waals surface area (Å²) in [5.74, 6) is 1.88. The molecule has 206 valence electrons. The Labute approximate surface area is 256 Å². The average molecular weight is 582 g/mol. The second-order valence-electron chi connectivity index (χ2n) is 10.9. The van der Waals surface area contributed by atoms with Crippen molar-refractivity contribution in [3.8, 4) is 45.3 Å². The largest absolute Gasteiger partial charge is 0.456 e. The molecule has 0 aliphatic heterocycles. The van der Waals surface area contributed by atoms with Crippen LogP contribution in [0.5, 0.6) is 0 Å². The van der Waals surface area contributed by atoms with Crippen LogP contribution < -0.4 is 0 Å². The van der Waals surface area contributed by atoms with Crippen molar-refractivity contribution >= 4 is 53.4 Å². The monoisotopic (exact) mass is 581 g/mol. The molecule has 0 N–H and O–H groups in total. The molecule has 3 aromatic heterocycles. The fraction of sp³-hybridized carbons (Fsp3) is 0. The molecule has 3 heterocycles. The number of rotatable bonds is 4. The van der Waals surface area contributed by atoms with Crippen LogP contribution in [0.15, 0.2) is 144 Å². The molecule has 4 nitrogen and oxygen atoms in total. The molecular weight excluding hydrogens is 559 g/mol. The van der Waals surface area contributed by atoms with E-state index in [-0.39, 0.29) is 0 Å². The number of fused-ring (bicyclic) bond motifs is 6. The predicted molar refractivity (Wildman–Crippen MR) is 182 cm³/mol. The number of thiophene rings is 1. The SMILES string of the molecule is c1ccc(-c2ccc(-c3nc(-c4ccc5c(c4)oc4ccccc45)nc(-c4ccc5c(c4)sc4ccccc45)n3)cc2)cc1. The first-order chi connectivity index (χ1) is 21.8. The van der Waals surface area contributed by atoms with Gasteiger partial charge in [0.05, 0.1) is 0 Å². The van der Waals surface area contributed by atoms with Crippen molar-refractivity contribution in [2.45, 2.75) is 0 Å². The number of benzene rings is 6. The lowest BCUT2D eigenvalue weighted by atomic mass is 10.0. The lowest BCUT2D eigenvalue weighted by molar-refractivity contribution is 0.669. The van der Waals surface area contributed by atoms with Crippen LogP contribution in [0.1, 0.15) is 0 Å². The molecule has 5 heteroatoms. The highest BCUT2D eigenvalue weighted by molar-refractivity contribution is 7.25. The van der Waals surface area contributed by atoms with Gasteiger partial charge in [0.25, 0.3) is 0 Å². The lowest BCUT2D eigenvalue weighted by Crippen LogP contribution is -2.00. The smallest absolute Gasteiger partial charge is 0.164 e. The molecule has 44 heavy (non-hydrogen) atoms. The molecule has 9 aromatic rings. The van der Waals surface area contributed by atoms with E-state index in [1.807, 2.05) is 30.3 Å². The molecule has 0 radical (unpaired) electrons. The van der Waals surface area contributed by atoms with Crippen molar-refractivity contribution in [2.75, 3.05) is 0 Å². The number of furan rings is 1. The van der Waals surface area contributed by atoms with Crippen molar-refractivity contribution in [1.82, 2.24) is 15.0 Å². The van der Waals surface area contributed by atoms with Gasteiger partial charge in [0.15, 0.2) is 17.5 Å². The standard InChI is InChI=1S/C39H23N3OS/c1-2-8-24(9-3-1)25-14-16-26(17-15-25)37-40-38(27-18-20-30-29-10-4-6-12-33(29)43-34(30)22-27)42-39(41-37)28-19-21-32-31-11-5-7-13-35(31)44-36(32)23-28/h1-23H. The van der Waals surface area contributed by atoms with E-state index in [2.05, 4.69) is 109 Å². The van der Waals surface area contributed by atoms with Gasteiger partial charge >= 0.3 is 0 Å². The van der Waals surface area contributed by atoms with Gasteiger partial charge in [-0.3, -0.25) is 0 Å². The Morgan fingerprint density at radius 3 is 1.68 bits per heavy atom. The second kappa shape index (κ2) is 9.97. The molecule has 0 unspecified atom stereocenters. The van der Waals surface area contributed by atoms with Crippen molar-refractivity contribution in [3.63, 3.8) is 0 Å². The average Bonchev–Trinajstić information content (AvgIpc) is 3.66. The number of aromatic nitrogens is 3. The first kappa shape index (κ1) is 24.9. The number of hydrogen-bond donors (Lipinski definition) is 0. The maximum atomic E-state index is 6.21. The van der Waals surface area contributed by atoms with Crippen LogP contribution in [0.25, 0.3) is 87.4 Å². The van der Waals surface area contributed by atoms with E-state index in [9.17, 15) is 0 Å². The molecule has 0 bridgehead atoms. The van der Waals surface area contributed by atoms with Gasteiger partial charge in [-0.05, 0) is 41.5 Å². The zero-order chi connectivity index (χ0) is 29.0. The topological polar surface area (TPSA) is 51.8 Å². The zero-order valence-corrected chi connectivity index (χ0v) is 24.3. The fourth-order valence-corrected chi connectivity index (χ4v) is 7.08. The predicted octanol–water partition coefficient (Wildman–Crippen LogP) is 10.8. The molecule has 9 rings (SSSR count). The minimum atomic E-state index is 0.607. The van der Waals surface area contributed by atoms with Gasteiger partial charge in [0.2, 0.25) is 0 Å². The Kier molecular flexibility index (Phi) is 5.64. The van der Waals surface area contributed by atoms with Gasteiger partial charge in [0, 0.05) is 47.6 Å². The molecule has 0 aliphatic rings. The highest BCUT2D eigenvalue weighted by Crippen LogP contribution is 2.37. The minimum absolute atomic E-state index is 0.607. The Morgan fingerprint density at radius 1 is 0.364 bits per heavy atom. The molecular formula is C39H23N3OS. The summed E-state index contributed by atoms with van der Waals surface area (Å²) in [5.41, 5.74) is 6.77. The van der Waals surface area contributed by atoms with Gasteiger partial charge < -0.3 is 4.42 Å². The van der Waals surface area contributed by atoms with E-state index in [1.54, 1.807) is 11.3 Å². The lowest BCUT2D eigenvalue weighted by Gasteiger charge is -2.09. The molecule has 0 amide bonds. The summed E-state index contributed by atoms with van der Waals surface area (Å²) in [4.78, 5) is 15.0.